The number of thiazole rings is 1. The molecule has 2 heterocycles. The van der Waals surface area contributed by atoms with E-state index in [0.717, 1.165) is 43.4 Å². The van der Waals surface area contributed by atoms with Crippen LogP contribution in [0.2, 0.25) is 0 Å². The van der Waals surface area contributed by atoms with Gasteiger partial charge in [-0.05, 0) is 19.9 Å². The third-order valence-electron chi connectivity index (χ3n) is 3.24. The topological polar surface area (TPSA) is 53.5 Å². The first-order valence-corrected chi connectivity index (χ1v) is 9.45. The van der Waals surface area contributed by atoms with Crippen molar-refractivity contribution in [3.63, 3.8) is 0 Å². The van der Waals surface area contributed by atoms with Crippen LogP contribution < -0.4 is 4.90 Å². The van der Waals surface area contributed by atoms with Gasteiger partial charge in [-0.1, -0.05) is 0 Å². The van der Waals surface area contributed by atoms with E-state index in [2.05, 4.69) is 20.2 Å². The van der Waals surface area contributed by atoms with E-state index < -0.39 is 9.84 Å². The van der Waals surface area contributed by atoms with Crippen molar-refractivity contribution >= 4 is 26.3 Å². The Kier molecular flexibility index (Phi) is 4.81. The highest BCUT2D eigenvalue weighted by atomic mass is 32.2. The summed E-state index contributed by atoms with van der Waals surface area (Å²) in [7, 11) is -2.86. The zero-order valence-corrected chi connectivity index (χ0v) is 13.1. The first-order chi connectivity index (χ1) is 8.94. The second-order valence-electron chi connectivity index (χ2n) is 5.08. The van der Waals surface area contributed by atoms with E-state index >= 15 is 0 Å². The van der Waals surface area contributed by atoms with Crippen molar-refractivity contribution in [2.75, 3.05) is 49.6 Å². The zero-order valence-electron chi connectivity index (χ0n) is 11.5. The summed E-state index contributed by atoms with van der Waals surface area (Å²) in [6, 6.07) is 0. The van der Waals surface area contributed by atoms with Crippen molar-refractivity contribution in [3.8, 4) is 0 Å². The quantitative estimate of drug-likeness (QED) is 0.831. The number of aromatic nitrogens is 1. The van der Waals surface area contributed by atoms with Gasteiger partial charge in [0.15, 0.2) is 5.13 Å². The molecule has 0 atom stereocenters. The van der Waals surface area contributed by atoms with Gasteiger partial charge in [0.1, 0.15) is 9.84 Å². The minimum atomic E-state index is -2.86. The highest BCUT2D eigenvalue weighted by Crippen LogP contribution is 2.21. The highest BCUT2D eigenvalue weighted by Gasteiger charge is 2.17. The summed E-state index contributed by atoms with van der Waals surface area (Å²) >= 11 is 1.68. The van der Waals surface area contributed by atoms with Crippen molar-refractivity contribution in [1.82, 2.24) is 9.88 Å². The van der Waals surface area contributed by atoms with E-state index in [0.29, 0.717) is 6.54 Å². The second-order valence-corrected chi connectivity index (χ2v) is 8.18. The molecule has 0 N–H and O–H groups in total. The molecular weight excluding hydrogens is 282 g/mol. The van der Waals surface area contributed by atoms with Crippen LogP contribution in [0.1, 0.15) is 12.1 Å². The molecule has 7 heteroatoms. The molecule has 0 aliphatic carbocycles. The van der Waals surface area contributed by atoms with Crippen molar-refractivity contribution in [2.24, 2.45) is 0 Å². The third kappa shape index (κ3) is 4.74. The van der Waals surface area contributed by atoms with Crippen LogP contribution in [0.15, 0.2) is 5.38 Å². The van der Waals surface area contributed by atoms with Gasteiger partial charge in [0.05, 0.1) is 11.4 Å². The molecule has 1 saturated heterocycles. The van der Waals surface area contributed by atoms with E-state index in [1.165, 1.54) is 6.26 Å². The van der Waals surface area contributed by atoms with E-state index in [4.69, 9.17) is 0 Å². The molecule has 0 saturated carbocycles. The van der Waals surface area contributed by atoms with Gasteiger partial charge in [-0.2, -0.15) is 0 Å². The fourth-order valence-corrected chi connectivity index (χ4v) is 3.61. The summed E-state index contributed by atoms with van der Waals surface area (Å²) in [5.74, 6) is 0.253. The lowest BCUT2D eigenvalue weighted by atomic mass is 10.4. The zero-order chi connectivity index (χ0) is 13.9. The average Bonchev–Trinajstić information content (AvgIpc) is 2.62. The minimum absolute atomic E-state index is 0.253. The van der Waals surface area contributed by atoms with Gasteiger partial charge in [-0.25, -0.2) is 13.4 Å². The molecule has 0 radical (unpaired) electrons. The van der Waals surface area contributed by atoms with Crippen LogP contribution >= 0.6 is 11.3 Å². The number of anilines is 1. The van der Waals surface area contributed by atoms with Gasteiger partial charge in [0.2, 0.25) is 0 Å². The molecule has 1 fully saturated rings. The number of aryl methyl sites for hydroxylation is 1. The first kappa shape index (κ1) is 14.7. The molecule has 19 heavy (non-hydrogen) atoms. The molecular formula is C12H21N3O2S2. The van der Waals surface area contributed by atoms with E-state index in [1.807, 2.05) is 6.92 Å². The number of hydrogen-bond acceptors (Lipinski definition) is 6. The van der Waals surface area contributed by atoms with Crippen LogP contribution in [0.5, 0.6) is 0 Å². The number of nitrogens with zero attached hydrogens (tertiary/aromatic N) is 3. The van der Waals surface area contributed by atoms with Gasteiger partial charge in [-0.15, -0.1) is 11.3 Å². The first-order valence-electron chi connectivity index (χ1n) is 6.51. The van der Waals surface area contributed by atoms with Crippen molar-refractivity contribution in [2.45, 2.75) is 13.3 Å². The molecule has 2 rings (SSSR count). The normalized spacial score (nSPS) is 18.5. The molecule has 1 aromatic rings. The summed E-state index contributed by atoms with van der Waals surface area (Å²) in [6.45, 7) is 6.46. The number of rotatable bonds is 4. The Hall–Kier alpha value is -0.660. The van der Waals surface area contributed by atoms with Gasteiger partial charge in [0.25, 0.3) is 0 Å². The monoisotopic (exact) mass is 303 g/mol. The predicted molar refractivity (Wildman–Crippen MR) is 79.8 cm³/mol. The smallest absolute Gasteiger partial charge is 0.185 e. The predicted octanol–water partition coefficient (Wildman–Crippen LogP) is 1.01. The molecule has 0 unspecified atom stereocenters. The van der Waals surface area contributed by atoms with E-state index in [1.54, 1.807) is 11.3 Å². The molecule has 1 aliphatic heterocycles. The molecule has 1 aromatic heterocycles. The van der Waals surface area contributed by atoms with Crippen LogP contribution in [0.3, 0.4) is 0 Å². The minimum Gasteiger partial charge on any atom is -0.347 e. The van der Waals surface area contributed by atoms with Gasteiger partial charge < -0.3 is 9.80 Å². The molecule has 0 aromatic carbocycles. The van der Waals surface area contributed by atoms with Crippen molar-refractivity contribution < 1.29 is 8.42 Å². The standard InChI is InChI=1S/C12H21N3O2S2/c1-11-10-18-12(13-11)15-5-3-4-14(6-7-15)8-9-19(2,16)17/h10H,3-9H2,1-2H3. The average molecular weight is 303 g/mol. The van der Waals surface area contributed by atoms with Crippen LogP contribution in [-0.2, 0) is 9.84 Å². The van der Waals surface area contributed by atoms with Crippen LogP contribution in [-0.4, -0.2) is 63.0 Å². The van der Waals surface area contributed by atoms with E-state index in [-0.39, 0.29) is 5.75 Å². The maximum atomic E-state index is 11.2. The molecule has 0 spiro atoms. The lowest BCUT2D eigenvalue weighted by molar-refractivity contribution is 0.310. The SMILES string of the molecule is Cc1csc(N2CCCN(CCS(C)(=O)=O)CC2)n1. The molecule has 108 valence electrons. The Bertz CT molecular complexity index is 513. The van der Waals surface area contributed by atoms with Crippen molar-refractivity contribution in [1.29, 1.82) is 0 Å². The van der Waals surface area contributed by atoms with Crippen molar-refractivity contribution in [3.05, 3.63) is 11.1 Å². The summed E-state index contributed by atoms with van der Waals surface area (Å²) in [4.78, 5) is 9.06. The molecule has 5 nitrogen and oxygen atoms in total. The highest BCUT2D eigenvalue weighted by molar-refractivity contribution is 7.90. The molecule has 0 bridgehead atoms. The lowest BCUT2D eigenvalue weighted by Crippen LogP contribution is -2.33. The largest absolute Gasteiger partial charge is 0.347 e. The fraction of sp³-hybridized carbons (Fsp3) is 0.750. The van der Waals surface area contributed by atoms with E-state index in [9.17, 15) is 8.42 Å². The van der Waals surface area contributed by atoms with Crippen LogP contribution in [0.25, 0.3) is 0 Å². The van der Waals surface area contributed by atoms with Crippen LogP contribution in [0.4, 0.5) is 5.13 Å². The van der Waals surface area contributed by atoms with Crippen LogP contribution in [0, 0.1) is 6.92 Å². The van der Waals surface area contributed by atoms with Gasteiger partial charge >= 0.3 is 0 Å². The Morgan fingerprint density at radius 2 is 2.11 bits per heavy atom. The number of sulfone groups is 1. The fourth-order valence-electron chi connectivity index (χ4n) is 2.17. The summed E-state index contributed by atoms with van der Waals surface area (Å²) in [5, 5.41) is 3.16. The lowest BCUT2D eigenvalue weighted by Gasteiger charge is -2.21. The Morgan fingerprint density at radius 1 is 1.32 bits per heavy atom. The third-order valence-corrected chi connectivity index (χ3v) is 5.19. The second kappa shape index (κ2) is 6.19. The molecule has 0 amide bonds. The summed E-state index contributed by atoms with van der Waals surface area (Å²) in [5.41, 5.74) is 1.07. The maximum absolute atomic E-state index is 11.2. The number of hydrogen-bond donors (Lipinski definition) is 0. The Morgan fingerprint density at radius 3 is 2.74 bits per heavy atom. The maximum Gasteiger partial charge on any atom is 0.185 e. The molecule has 1 aliphatic rings. The Balaban J connectivity index is 1.88. The summed E-state index contributed by atoms with van der Waals surface area (Å²) < 4.78 is 22.4. The summed E-state index contributed by atoms with van der Waals surface area (Å²) in [6.07, 6.45) is 2.36. The van der Waals surface area contributed by atoms with Gasteiger partial charge in [0, 0.05) is 37.8 Å². The van der Waals surface area contributed by atoms with Gasteiger partial charge in [-0.3, -0.25) is 0 Å². The Labute approximate surface area is 119 Å².